The number of phenolic OH excluding ortho intramolecular Hbond substituents is 1. The van der Waals surface area contributed by atoms with E-state index >= 15 is 0 Å². The average Bonchev–Trinajstić information content (AvgIpc) is 3.65. The van der Waals surface area contributed by atoms with Gasteiger partial charge in [0.15, 0.2) is 23.0 Å². The number of phenols is 1. The summed E-state index contributed by atoms with van der Waals surface area (Å²) in [5.74, 6) is 6.65. The van der Waals surface area contributed by atoms with E-state index in [-0.39, 0.29) is 30.3 Å². The van der Waals surface area contributed by atoms with Gasteiger partial charge in [0.25, 0.3) is 5.56 Å². The molecular formula is C33H30N8O4. The second kappa shape index (κ2) is 10.2. The lowest BCUT2D eigenvalue weighted by atomic mass is 9.95. The van der Waals surface area contributed by atoms with Crippen molar-refractivity contribution in [2.75, 3.05) is 12.3 Å². The minimum absolute atomic E-state index is 0.0529. The van der Waals surface area contributed by atoms with Crippen LogP contribution in [0.2, 0.25) is 0 Å². The summed E-state index contributed by atoms with van der Waals surface area (Å²) >= 11 is 0. The summed E-state index contributed by atoms with van der Waals surface area (Å²) in [4.78, 5) is 28.1. The van der Waals surface area contributed by atoms with Crippen LogP contribution in [0, 0.1) is 25.7 Å². The molecule has 5 heterocycles. The predicted octanol–water partition coefficient (Wildman–Crippen LogP) is 3.33. The van der Waals surface area contributed by atoms with E-state index in [9.17, 15) is 15.0 Å². The number of ether oxygens (including phenoxy) is 1. The predicted molar refractivity (Wildman–Crippen MR) is 169 cm³/mol. The Morgan fingerprint density at radius 1 is 1.04 bits per heavy atom. The maximum absolute atomic E-state index is 14.4. The molecule has 0 bridgehead atoms. The van der Waals surface area contributed by atoms with Gasteiger partial charge in [-0.2, -0.15) is 9.77 Å². The van der Waals surface area contributed by atoms with Crippen LogP contribution >= 0.6 is 0 Å². The molecule has 0 saturated heterocycles. The Morgan fingerprint density at radius 3 is 2.58 bits per heavy atom. The van der Waals surface area contributed by atoms with E-state index in [0.717, 1.165) is 22.5 Å². The summed E-state index contributed by atoms with van der Waals surface area (Å²) in [5.41, 5.74) is 10.7. The quantitative estimate of drug-likeness (QED) is 0.257. The number of aryl methyl sites for hydroxylation is 2. The molecule has 0 spiro atoms. The van der Waals surface area contributed by atoms with Crippen molar-refractivity contribution in [3.05, 3.63) is 87.5 Å². The van der Waals surface area contributed by atoms with Crippen LogP contribution in [-0.2, 0) is 13.0 Å². The SMILES string of the molecule is Cc1ccc(C)n1-n1c(Cn2nc(-c3ccc(O)c4c3CC(C)(C)O4)c3c(N)ncnc32)nc2cccc(C#CCO)c2c1=O. The second-order valence-corrected chi connectivity index (χ2v) is 11.7. The van der Waals surface area contributed by atoms with E-state index < -0.39 is 5.60 Å². The molecule has 4 aromatic heterocycles. The number of hydrogen-bond donors (Lipinski definition) is 3. The molecular weight excluding hydrogens is 572 g/mol. The maximum Gasteiger partial charge on any atom is 0.282 e. The van der Waals surface area contributed by atoms with Crippen LogP contribution in [0.5, 0.6) is 11.5 Å². The van der Waals surface area contributed by atoms with Crippen LogP contribution in [0.4, 0.5) is 5.82 Å². The van der Waals surface area contributed by atoms with E-state index in [1.165, 1.54) is 11.0 Å². The van der Waals surface area contributed by atoms with Crippen molar-refractivity contribution in [2.45, 2.75) is 46.3 Å². The highest BCUT2D eigenvalue weighted by Crippen LogP contribution is 2.47. The third kappa shape index (κ3) is 4.47. The Labute approximate surface area is 257 Å². The van der Waals surface area contributed by atoms with E-state index in [2.05, 4.69) is 21.8 Å². The highest BCUT2D eigenvalue weighted by molar-refractivity contribution is 5.99. The largest absolute Gasteiger partial charge is 0.504 e. The molecule has 0 aliphatic carbocycles. The summed E-state index contributed by atoms with van der Waals surface area (Å²) in [6.45, 7) is 7.47. The number of rotatable bonds is 4. The minimum atomic E-state index is -0.520. The summed E-state index contributed by atoms with van der Waals surface area (Å²) < 4.78 is 11.1. The first-order valence-corrected chi connectivity index (χ1v) is 14.4. The van der Waals surface area contributed by atoms with Crippen molar-refractivity contribution in [2.24, 2.45) is 0 Å². The number of aromatic nitrogens is 7. The van der Waals surface area contributed by atoms with Crippen LogP contribution in [0.1, 0.15) is 42.2 Å². The van der Waals surface area contributed by atoms with Gasteiger partial charge in [0.1, 0.15) is 36.6 Å². The lowest BCUT2D eigenvalue weighted by Gasteiger charge is -2.18. The number of nitrogen functional groups attached to an aromatic ring is 1. The Balaban J connectivity index is 1.48. The number of anilines is 1. The molecule has 0 radical (unpaired) electrons. The Hall–Kier alpha value is -5.67. The average molecular weight is 603 g/mol. The van der Waals surface area contributed by atoms with Crippen LogP contribution in [0.15, 0.2) is 53.6 Å². The van der Waals surface area contributed by atoms with Gasteiger partial charge in [-0.05, 0) is 64.1 Å². The van der Waals surface area contributed by atoms with Gasteiger partial charge >= 0.3 is 0 Å². The zero-order valence-corrected chi connectivity index (χ0v) is 25.2. The fraction of sp³-hybridized carbons (Fsp3) is 0.242. The third-order valence-corrected chi connectivity index (χ3v) is 8.00. The monoisotopic (exact) mass is 602 g/mol. The van der Waals surface area contributed by atoms with Crippen molar-refractivity contribution < 1.29 is 14.9 Å². The highest BCUT2D eigenvalue weighted by atomic mass is 16.5. The van der Waals surface area contributed by atoms with Crippen LogP contribution in [-0.4, -0.2) is 56.5 Å². The zero-order valence-electron chi connectivity index (χ0n) is 25.2. The molecule has 2 aromatic carbocycles. The number of aliphatic hydroxyl groups is 1. The first-order valence-electron chi connectivity index (χ1n) is 14.4. The van der Waals surface area contributed by atoms with Gasteiger partial charge in [-0.25, -0.2) is 19.6 Å². The van der Waals surface area contributed by atoms with Gasteiger partial charge in [-0.15, -0.1) is 0 Å². The Kier molecular flexibility index (Phi) is 6.38. The first-order chi connectivity index (χ1) is 21.6. The zero-order chi connectivity index (χ0) is 31.6. The molecule has 6 aromatic rings. The van der Waals surface area contributed by atoms with Crippen molar-refractivity contribution in [1.82, 2.24) is 34.1 Å². The number of aromatic hydroxyl groups is 1. The van der Waals surface area contributed by atoms with Crippen molar-refractivity contribution in [3.8, 4) is 34.6 Å². The number of aliphatic hydroxyl groups excluding tert-OH is 1. The fourth-order valence-corrected chi connectivity index (χ4v) is 6.12. The Bertz CT molecular complexity index is 2280. The van der Waals surface area contributed by atoms with Crippen molar-refractivity contribution in [3.63, 3.8) is 0 Å². The molecule has 226 valence electrons. The summed E-state index contributed by atoms with van der Waals surface area (Å²) in [5, 5.41) is 25.8. The molecule has 0 unspecified atom stereocenters. The van der Waals surface area contributed by atoms with Crippen LogP contribution in [0.25, 0.3) is 33.2 Å². The molecule has 1 aliphatic heterocycles. The van der Waals surface area contributed by atoms with Gasteiger partial charge in [-0.3, -0.25) is 9.47 Å². The molecule has 45 heavy (non-hydrogen) atoms. The third-order valence-electron chi connectivity index (χ3n) is 8.00. The fourth-order valence-electron chi connectivity index (χ4n) is 6.12. The first kappa shape index (κ1) is 28.1. The topological polar surface area (TPSA) is 159 Å². The smallest absolute Gasteiger partial charge is 0.282 e. The van der Waals surface area contributed by atoms with Gasteiger partial charge in [0.2, 0.25) is 0 Å². The van der Waals surface area contributed by atoms with Gasteiger partial charge in [0.05, 0.1) is 16.3 Å². The normalized spacial score (nSPS) is 13.5. The van der Waals surface area contributed by atoms with Crippen LogP contribution in [0.3, 0.4) is 0 Å². The second-order valence-electron chi connectivity index (χ2n) is 11.7. The molecule has 12 heteroatoms. The molecule has 0 fully saturated rings. The van der Waals surface area contributed by atoms with Crippen molar-refractivity contribution >= 4 is 27.8 Å². The number of fused-ring (bicyclic) bond motifs is 3. The number of benzene rings is 2. The maximum atomic E-state index is 14.4. The number of nitrogens with zero attached hydrogens (tertiary/aromatic N) is 7. The van der Waals surface area contributed by atoms with Gasteiger partial charge < -0.3 is 20.7 Å². The van der Waals surface area contributed by atoms with E-state index in [0.29, 0.717) is 51.2 Å². The summed E-state index contributed by atoms with van der Waals surface area (Å²) in [6.07, 6.45) is 1.92. The molecule has 1 aliphatic rings. The molecule has 12 nitrogen and oxygen atoms in total. The lowest BCUT2D eigenvalue weighted by Crippen LogP contribution is -2.33. The molecule has 4 N–H and O–H groups in total. The van der Waals surface area contributed by atoms with Gasteiger partial charge in [0, 0.05) is 34.5 Å². The summed E-state index contributed by atoms with van der Waals surface area (Å²) in [7, 11) is 0. The van der Waals surface area contributed by atoms with Crippen molar-refractivity contribution in [1.29, 1.82) is 0 Å². The van der Waals surface area contributed by atoms with E-state index in [4.69, 9.17) is 20.6 Å². The molecule has 0 atom stereocenters. The van der Waals surface area contributed by atoms with E-state index in [1.807, 2.05) is 44.5 Å². The summed E-state index contributed by atoms with van der Waals surface area (Å²) in [6, 6.07) is 12.5. The molecule has 7 rings (SSSR count). The van der Waals surface area contributed by atoms with E-state index in [1.54, 1.807) is 35.0 Å². The number of hydrogen-bond acceptors (Lipinski definition) is 9. The number of nitrogens with two attached hydrogens (primary N) is 1. The standard InChI is InChI=1S/C33H30N8O4/c1-18-10-11-19(2)40(18)41-25(37-23-9-5-7-20(8-6-14-42)26(23)32(41)44)16-39-31-27(30(34)35-17-36-31)28(38-39)21-12-13-24(43)29-22(21)15-33(3,4)45-29/h5,7,9-13,17,42-43H,14-16H2,1-4H3,(H2,34,35,36). The van der Waals surface area contributed by atoms with Crippen LogP contribution < -0.4 is 16.0 Å². The Morgan fingerprint density at radius 2 is 1.82 bits per heavy atom. The minimum Gasteiger partial charge on any atom is -0.504 e. The molecule has 0 amide bonds. The lowest BCUT2D eigenvalue weighted by molar-refractivity contribution is 0.134. The van der Waals surface area contributed by atoms with Gasteiger partial charge in [-0.1, -0.05) is 17.9 Å². The highest BCUT2D eigenvalue weighted by Gasteiger charge is 2.35. The molecule has 0 saturated carbocycles.